The molecule has 4 nitrogen and oxygen atoms in total. The molecule has 28 heavy (non-hydrogen) atoms. The first-order valence-electron chi connectivity index (χ1n) is 9.48. The molecule has 0 fully saturated rings. The third-order valence-corrected chi connectivity index (χ3v) is 5.11. The second-order valence-corrected chi connectivity index (χ2v) is 7.02. The molecule has 4 rings (SSSR count). The highest BCUT2D eigenvalue weighted by Crippen LogP contribution is 2.35. The summed E-state index contributed by atoms with van der Waals surface area (Å²) in [7, 11) is 0. The highest BCUT2D eigenvalue weighted by molar-refractivity contribution is 5.89. The van der Waals surface area contributed by atoms with Gasteiger partial charge in [-0.1, -0.05) is 49.4 Å². The van der Waals surface area contributed by atoms with Crippen molar-refractivity contribution in [1.29, 1.82) is 0 Å². The van der Waals surface area contributed by atoms with Crippen molar-refractivity contribution in [2.75, 3.05) is 5.32 Å². The molecule has 0 bridgehead atoms. The fourth-order valence-electron chi connectivity index (χ4n) is 3.53. The van der Waals surface area contributed by atoms with Crippen LogP contribution >= 0.6 is 0 Å². The zero-order valence-corrected chi connectivity index (χ0v) is 16.3. The van der Waals surface area contributed by atoms with Crippen molar-refractivity contribution in [3.05, 3.63) is 77.5 Å². The molecule has 0 radical (unpaired) electrons. The summed E-state index contributed by atoms with van der Waals surface area (Å²) in [4.78, 5) is 9.12. The monoisotopic (exact) mass is 369 g/mol. The van der Waals surface area contributed by atoms with Crippen LogP contribution in [-0.2, 0) is 6.42 Å². The molecule has 0 amide bonds. The van der Waals surface area contributed by atoms with Crippen LogP contribution < -0.4 is 5.32 Å². The minimum atomic E-state index is 0.219. The van der Waals surface area contributed by atoms with Crippen molar-refractivity contribution in [2.45, 2.75) is 27.2 Å². The van der Waals surface area contributed by atoms with Crippen molar-refractivity contribution in [3.8, 4) is 16.9 Å². The van der Waals surface area contributed by atoms with E-state index in [0.717, 1.165) is 39.7 Å². The summed E-state index contributed by atoms with van der Waals surface area (Å²) >= 11 is 0. The molecule has 0 aliphatic heterocycles. The van der Waals surface area contributed by atoms with E-state index < -0.39 is 0 Å². The minimum absolute atomic E-state index is 0.219. The van der Waals surface area contributed by atoms with Gasteiger partial charge >= 0.3 is 0 Å². The maximum Gasteiger partial charge on any atom is 0.227 e. The van der Waals surface area contributed by atoms with Crippen molar-refractivity contribution < 1.29 is 5.11 Å². The van der Waals surface area contributed by atoms with E-state index in [0.29, 0.717) is 11.5 Å². The van der Waals surface area contributed by atoms with Crippen LogP contribution in [0.1, 0.15) is 23.6 Å². The van der Waals surface area contributed by atoms with Crippen molar-refractivity contribution in [3.63, 3.8) is 0 Å². The van der Waals surface area contributed by atoms with Gasteiger partial charge in [-0.25, -0.2) is 9.97 Å². The maximum atomic E-state index is 10.6. The molecule has 0 atom stereocenters. The van der Waals surface area contributed by atoms with Gasteiger partial charge in [0.15, 0.2) is 0 Å². The second-order valence-electron chi connectivity index (χ2n) is 7.02. The number of nitrogens with zero attached hydrogens (tertiary/aromatic N) is 2. The molecule has 1 heterocycles. The molecule has 0 saturated heterocycles. The van der Waals surface area contributed by atoms with E-state index in [2.05, 4.69) is 47.3 Å². The first-order valence-corrected chi connectivity index (χ1v) is 9.48. The number of rotatable bonds is 4. The Bertz CT molecular complexity index is 1170. The van der Waals surface area contributed by atoms with Gasteiger partial charge in [0, 0.05) is 28.9 Å². The molecule has 0 aliphatic carbocycles. The van der Waals surface area contributed by atoms with Gasteiger partial charge in [0.05, 0.1) is 5.52 Å². The lowest BCUT2D eigenvalue weighted by molar-refractivity contribution is 0.478. The number of phenols is 1. The quantitative estimate of drug-likeness (QED) is 0.468. The number of phenolic OH excluding ortho intramolecular Hbond substituents is 1. The van der Waals surface area contributed by atoms with Crippen molar-refractivity contribution in [2.24, 2.45) is 0 Å². The summed E-state index contributed by atoms with van der Waals surface area (Å²) in [5, 5.41) is 14.9. The first-order chi connectivity index (χ1) is 13.6. The third-order valence-electron chi connectivity index (χ3n) is 5.11. The predicted octanol–water partition coefficient (Wildman–Crippen LogP) is 5.93. The van der Waals surface area contributed by atoms with Gasteiger partial charge in [-0.05, 0) is 48.6 Å². The Labute approximate surface area is 164 Å². The number of aromatic hydroxyl groups is 1. The molecule has 3 aromatic carbocycles. The number of hydrogen-bond acceptors (Lipinski definition) is 4. The number of hydrogen-bond donors (Lipinski definition) is 2. The van der Waals surface area contributed by atoms with Crippen LogP contribution in [0.25, 0.3) is 22.0 Å². The van der Waals surface area contributed by atoms with Crippen LogP contribution in [0.3, 0.4) is 0 Å². The summed E-state index contributed by atoms with van der Waals surface area (Å²) in [5.74, 6) is 0.746. The zero-order chi connectivity index (χ0) is 19.7. The van der Waals surface area contributed by atoms with E-state index in [1.54, 1.807) is 12.3 Å². The van der Waals surface area contributed by atoms with E-state index in [4.69, 9.17) is 0 Å². The average Bonchev–Trinajstić information content (AvgIpc) is 2.69. The Kier molecular flexibility index (Phi) is 4.70. The van der Waals surface area contributed by atoms with Crippen LogP contribution in [0, 0.1) is 13.8 Å². The molecule has 0 saturated carbocycles. The lowest BCUT2D eigenvalue weighted by Crippen LogP contribution is -2.02. The molecule has 140 valence electrons. The number of nitrogens with one attached hydrogen (secondary N) is 1. The number of anilines is 2. The number of aromatic nitrogens is 2. The van der Waals surface area contributed by atoms with Crippen LogP contribution in [0.4, 0.5) is 11.6 Å². The van der Waals surface area contributed by atoms with Gasteiger partial charge in [0.25, 0.3) is 0 Å². The van der Waals surface area contributed by atoms with Gasteiger partial charge < -0.3 is 10.4 Å². The lowest BCUT2D eigenvalue weighted by Gasteiger charge is -2.14. The number of fused-ring (bicyclic) bond motifs is 1. The summed E-state index contributed by atoms with van der Waals surface area (Å²) < 4.78 is 0. The fourth-order valence-corrected chi connectivity index (χ4v) is 3.53. The smallest absolute Gasteiger partial charge is 0.227 e. The summed E-state index contributed by atoms with van der Waals surface area (Å²) in [5.41, 5.74) is 7.05. The van der Waals surface area contributed by atoms with E-state index in [1.807, 2.05) is 37.3 Å². The van der Waals surface area contributed by atoms with E-state index in [9.17, 15) is 5.11 Å². The molecule has 4 aromatic rings. The molecular weight excluding hydrogens is 346 g/mol. The van der Waals surface area contributed by atoms with Crippen molar-refractivity contribution >= 4 is 22.5 Å². The number of benzene rings is 3. The molecule has 1 aromatic heterocycles. The van der Waals surface area contributed by atoms with E-state index >= 15 is 0 Å². The Morgan fingerprint density at radius 3 is 2.50 bits per heavy atom. The van der Waals surface area contributed by atoms with Gasteiger partial charge in [0.1, 0.15) is 5.75 Å². The summed E-state index contributed by atoms with van der Waals surface area (Å²) in [6, 6.07) is 17.9. The van der Waals surface area contributed by atoms with E-state index in [1.165, 1.54) is 5.56 Å². The fraction of sp³-hybridized carbons (Fsp3) is 0.167. The lowest BCUT2D eigenvalue weighted by atomic mass is 9.98. The normalized spacial score (nSPS) is 11.0. The molecule has 2 N–H and O–H groups in total. The van der Waals surface area contributed by atoms with Gasteiger partial charge in [-0.2, -0.15) is 0 Å². The van der Waals surface area contributed by atoms with Gasteiger partial charge in [-0.15, -0.1) is 0 Å². The summed E-state index contributed by atoms with van der Waals surface area (Å²) in [6.07, 6.45) is 2.73. The Morgan fingerprint density at radius 2 is 1.71 bits per heavy atom. The molecular formula is C24H23N3O. The van der Waals surface area contributed by atoms with Crippen LogP contribution in [0.15, 0.2) is 60.8 Å². The standard InChI is InChI=1S/C24H23N3O/c1-4-17-10-7-9-16(3)23(17)27-24-25-14-18-12-20(22(28)13-21(18)26-24)19-11-6-5-8-15(19)2/h5-14,28H,4H2,1-3H3,(H,25,26,27). The average molecular weight is 369 g/mol. The highest BCUT2D eigenvalue weighted by Gasteiger charge is 2.11. The molecule has 0 aliphatic rings. The Hall–Kier alpha value is -3.40. The molecule has 0 spiro atoms. The third kappa shape index (κ3) is 3.29. The zero-order valence-electron chi connectivity index (χ0n) is 16.3. The van der Waals surface area contributed by atoms with Crippen LogP contribution in [0.5, 0.6) is 5.75 Å². The SMILES string of the molecule is CCc1cccc(C)c1Nc1ncc2cc(-c3ccccc3C)c(O)cc2n1. The van der Waals surface area contributed by atoms with E-state index in [-0.39, 0.29) is 5.75 Å². The number of para-hydroxylation sites is 1. The second kappa shape index (κ2) is 7.31. The Morgan fingerprint density at radius 1 is 0.929 bits per heavy atom. The number of aryl methyl sites for hydroxylation is 3. The first kappa shape index (κ1) is 18.0. The summed E-state index contributed by atoms with van der Waals surface area (Å²) in [6.45, 7) is 6.24. The molecule has 4 heteroatoms. The van der Waals surface area contributed by atoms with Gasteiger partial charge in [0.2, 0.25) is 5.95 Å². The predicted molar refractivity (Wildman–Crippen MR) is 115 cm³/mol. The topological polar surface area (TPSA) is 58.0 Å². The van der Waals surface area contributed by atoms with Crippen LogP contribution in [-0.4, -0.2) is 15.1 Å². The van der Waals surface area contributed by atoms with Crippen molar-refractivity contribution in [1.82, 2.24) is 9.97 Å². The minimum Gasteiger partial charge on any atom is -0.507 e. The molecule has 0 unspecified atom stereocenters. The maximum absolute atomic E-state index is 10.6. The largest absolute Gasteiger partial charge is 0.507 e. The van der Waals surface area contributed by atoms with Crippen LogP contribution in [0.2, 0.25) is 0 Å². The Balaban J connectivity index is 1.75. The highest BCUT2D eigenvalue weighted by atomic mass is 16.3. The van der Waals surface area contributed by atoms with Gasteiger partial charge in [-0.3, -0.25) is 0 Å².